The van der Waals surface area contributed by atoms with Crippen LogP contribution in [0.3, 0.4) is 0 Å². The first kappa shape index (κ1) is 15.2. The summed E-state index contributed by atoms with van der Waals surface area (Å²) in [7, 11) is 2.23. The Morgan fingerprint density at radius 1 is 1.05 bits per heavy atom. The van der Waals surface area contributed by atoms with Crippen molar-refractivity contribution in [1.29, 1.82) is 0 Å². The van der Waals surface area contributed by atoms with Gasteiger partial charge in [0.1, 0.15) is 0 Å². The predicted molar refractivity (Wildman–Crippen MR) is 79.3 cm³/mol. The van der Waals surface area contributed by atoms with Crippen molar-refractivity contribution in [1.82, 2.24) is 9.80 Å². The largest absolute Gasteiger partial charge is 0.375 e. The second-order valence-electron chi connectivity index (χ2n) is 6.86. The van der Waals surface area contributed by atoms with Crippen molar-refractivity contribution in [2.24, 2.45) is 5.73 Å². The van der Waals surface area contributed by atoms with E-state index in [9.17, 15) is 0 Å². The van der Waals surface area contributed by atoms with Gasteiger partial charge in [0.2, 0.25) is 0 Å². The van der Waals surface area contributed by atoms with E-state index in [4.69, 9.17) is 10.5 Å². The molecule has 2 saturated heterocycles. The van der Waals surface area contributed by atoms with Crippen LogP contribution in [0.2, 0.25) is 0 Å². The monoisotopic (exact) mass is 269 g/mol. The van der Waals surface area contributed by atoms with Gasteiger partial charge in [-0.25, -0.2) is 0 Å². The van der Waals surface area contributed by atoms with Crippen molar-refractivity contribution in [3.63, 3.8) is 0 Å². The van der Waals surface area contributed by atoms with E-state index in [2.05, 4.69) is 44.5 Å². The zero-order valence-electron chi connectivity index (χ0n) is 13.2. The number of piperazine rings is 1. The molecule has 4 atom stereocenters. The van der Waals surface area contributed by atoms with Gasteiger partial charge in [-0.1, -0.05) is 0 Å². The second-order valence-corrected chi connectivity index (χ2v) is 6.86. The number of rotatable bonds is 2. The molecule has 112 valence electrons. The van der Waals surface area contributed by atoms with E-state index >= 15 is 0 Å². The highest BCUT2D eigenvalue weighted by molar-refractivity contribution is 5.01. The minimum Gasteiger partial charge on any atom is -0.375 e. The third-order valence-corrected chi connectivity index (χ3v) is 5.21. The van der Waals surface area contributed by atoms with Crippen LogP contribution in [0.25, 0.3) is 0 Å². The summed E-state index contributed by atoms with van der Waals surface area (Å²) in [5.41, 5.74) is 6.35. The van der Waals surface area contributed by atoms with Crippen molar-refractivity contribution in [2.75, 3.05) is 26.7 Å². The number of hydrogen-bond acceptors (Lipinski definition) is 4. The van der Waals surface area contributed by atoms with E-state index in [1.165, 1.54) is 0 Å². The van der Waals surface area contributed by atoms with Crippen LogP contribution in [0.1, 0.15) is 40.5 Å². The third-order valence-electron chi connectivity index (χ3n) is 5.21. The Bertz CT molecular complexity index is 288. The molecular formula is C15H31N3O. The van der Waals surface area contributed by atoms with Crippen molar-refractivity contribution in [3.05, 3.63) is 0 Å². The number of hydrogen-bond donors (Lipinski definition) is 1. The average molecular weight is 269 g/mol. The molecule has 2 aliphatic heterocycles. The number of ether oxygens (including phenoxy) is 1. The molecular weight excluding hydrogens is 238 g/mol. The summed E-state index contributed by atoms with van der Waals surface area (Å²) < 4.78 is 5.92. The molecule has 0 amide bonds. The molecule has 0 radical (unpaired) electrons. The maximum Gasteiger partial charge on any atom is 0.0568 e. The van der Waals surface area contributed by atoms with E-state index in [1.54, 1.807) is 0 Å². The molecule has 2 aliphatic rings. The summed E-state index contributed by atoms with van der Waals surface area (Å²) in [5, 5.41) is 0. The molecule has 0 bridgehead atoms. The van der Waals surface area contributed by atoms with E-state index in [-0.39, 0.29) is 5.54 Å². The van der Waals surface area contributed by atoms with Crippen molar-refractivity contribution in [3.8, 4) is 0 Å². The van der Waals surface area contributed by atoms with Gasteiger partial charge in [-0.3, -0.25) is 9.80 Å². The highest BCUT2D eigenvalue weighted by atomic mass is 16.5. The SMILES string of the molecule is CC1CC(CN)(N2CC(C)N(C)C(C)C2)CC(C)O1. The molecule has 2 N–H and O–H groups in total. The fraction of sp³-hybridized carbons (Fsp3) is 1.00. The van der Waals surface area contributed by atoms with Crippen LogP contribution >= 0.6 is 0 Å². The van der Waals surface area contributed by atoms with Gasteiger partial charge in [-0.05, 0) is 47.6 Å². The first-order valence-electron chi connectivity index (χ1n) is 7.70. The van der Waals surface area contributed by atoms with Crippen LogP contribution in [-0.4, -0.2) is 66.3 Å². The van der Waals surface area contributed by atoms with Crippen LogP contribution in [0.4, 0.5) is 0 Å². The zero-order valence-corrected chi connectivity index (χ0v) is 13.2. The number of nitrogens with zero attached hydrogens (tertiary/aromatic N) is 2. The molecule has 2 heterocycles. The molecule has 0 spiro atoms. The zero-order chi connectivity index (χ0) is 14.2. The van der Waals surface area contributed by atoms with Crippen molar-refractivity contribution < 1.29 is 4.74 Å². The van der Waals surface area contributed by atoms with Gasteiger partial charge in [0, 0.05) is 37.3 Å². The molecule has 2 rings (SSSR count). The summed E-state index contributed by atoms with van der Waals surface area (Å²) in [6.45, 7) is 12.0. The fourth-order valence-corrected chi connectivity index (χ4v) is 3.99. The molecule has 0 saturated carbocycles. The summed E-state index contributed by atoms with van der Waals surface area (Å²) in [6.07, 6.45) is 2.77. The van der Waals surface area contributed by atoms with E-state index < -0.39 is 0 Å². The molecule has 0 aliphatic carbocycles. The van der Waals surface area contributed by atoms with Crippen LogP contribution < -0.4 is 5.73 Å². The predicted octanol–water partition coefficient (Wildman–Crippen LogP) is 1.30. The van der Waals surface area contributed by atoms with Crippen LogP contribution in [0, 0.1) is 0 Å². The Hall–Kier alpha value is -0.160. The molecule has 0 aromatic carbocycles. The quantitative estimate of drug-likeness (QED) is 0.820. The van der Waals surface area contributed by atoms with Gasteiger partial charge >= 0.3 is 0 Å². The fourth-order valence-electron chi connectivity index (χ4n) is 3.99. The Balaban J connectivity index is 2.16. The van der Waals surface area contributed by atoms with Gasteiger partial charge in [0.15, 0.2) is 0 Å². The highest BCUT2D eigenvalue weighted by Gasteiger charge is 2.45. The van der Waals surface area contributed by atoms with E-state index in [0.717, 1.165) is 32.5 Å². The Morgan fingerprint density at radius 2 is 1.53 bits per heavy atom. The minimum atomic E-state index is 0.140. The lowest BCUT2D eigenvalue weighted by Crippen LogP contribution is -2.67. The lowest BCUT2D eigenvalue weighted by Gasteiger charge is -2.54. The van der Waals surface area contributed by atoms with Gasteiger partial charge < -0.3 is 10.5 Å². The smallest absolute Gasteiger partial charge is 0.0568 e. The Kier molecular flexibility index (Phi) is 4.56. The number of likely N-dealkylation sites (N-methyl/N-ethyl adjacent to an activating group) is 1. The Labute approximate surface area is 118 Å². The molecule has 2 fully saturated rings. The maximum absolute atomic E-state index is 6.21. The summed E-state index contributed by atoms with van der Waals surface area (Å²) in [5.74, 6) is 0. The standard InChI is InChI=1S/C15H31N3O/c1-11-8-18(9-12(2)17(11)5)15(10-16)6-13(3)19-14(4)7-15/h11-14H,6-10,16H2,1-5H3. The van der Waals surface area contributed by atoms with Crippen LogP contribution in [0.5, 0.6) is 0 Å². The summed E-state index contributed by atoms with van der Waals surface area (Å²) in [6, 6.07) is 1.20. The van der Waals surface area contributed by atoms with Gasteiger partial charge in [0.05, 0.1) is 12.2 Å². The molecule has 0 aromatic heterocycles. The van der Waals surface area contributed by atoms with Crippen molar-refractivity contribution in [2.45, 2.75) is 70.4 Å². The maximum atomic E-state index is 6.21. The number of nitrogens with two attached hydrogens (primary N) is 1. The summed E-state index contributed by atoms with van der Waals surface area (Å²) in [4.78, 5) is 5.13. The molecule has 0 aromatic rings. The average Bonchev–Trinajstić information content (AvgIpc) is 2.34. The second kappa shape index (κ2) is 5.68. The van der Waals surface area contributed by atoms with E-state index in [1.807, 2.05) is 0 Å². The van der Waals surface area contributed by atoms with Crippen LogP contribution in [0.15, 0.2) is 0 Å². The van der Waals surface area contributed by atoms with Gasteiger partial charge in [0.25, 0.3) is 0 Å². The topological polar surface area (TPSA) is 41.7 Å². The first-order valence-corrected chi connectivity index (χ1v) is 7.70. The molecule has 4 unspecified atom stereocenters. The molecule has 4 heteroatoms. The summed E-state index contributed by atoms with van der Waals surface area (Å²) >= 11 is 0. The highest BCUT2D eigenvalue weighted by Crippen LogP contribution is 2.35. The molecule has 4 nitrogen and oxygen atoms in total. The van der Waals surface area contributed by atoms with Gasteiger partial charge in [-0.15, -0.1) is 0 Å². The lowest BCUT2D eigenvalue weighted by atomic mass is 9.81. The minimum absolute atomic E-state index is 0.140. The normalized spacial score (nSPS) is 46.4. The lowest BCUT2D eigenvalue weighted by molar-refractivity contribution is -0.120. The van der Waals surface area contributed by atoms with E-state index in [0.29, 0.717) is 24.3 Å². The van der Waals surface area contributed by atoms with Crippen LogP contribution in [-0.2, 0) is 4.74 Å². The van der Waals surface area contributed by atoms with Crippen molar-refractivity contribution >= 4 is 0 Å². The Morgan fingerprint density at radius 3 is 1.95 bits per heavy atom. The van der Waals surface area contributed by atoms with Gasteiger partial charge in [-0.2, -0.15) is 0 Å². The third kappa shape index (κ3) is 2.97. The molecule has 19 heavy (non-hydrogen) atoms. The first-order chi connectivity index (χ1) is 8.88.